The molecule has 23 heavy (non-hydrogen) atoms. The number of nitrogens with zero attached hydrogens (tertiary/aromatic N) is 1. The number of ether oxygens (including phenoxy) is 1. The second-order valence-corrected chi connectivity index (χ2v) is 6.69. The minimum atomic E-state index is -0.116. The third-order valence-corrected chi connectivity index (χ3v) is 5.10. The molecule has 7 heteroatoms. The average Bonchev–Trinajstić information content (AvgIpc) is 3.11. The highest BCUT2D eigenvalue weighted by atomic mass is 32.2. The molecule has 6 nitrogen and oxygen atoms in total. The van der Waals surface area contributed by atoms with Crippen LogP contribution in [0.4, 0.5) is 11.4 Å². The summed E-state index contributed by atoms with van der Waals surface area (Å²) < 4.78 is 11.5. The van der Waals surface area contributed by atoms with Gasteiger partial charge in [0.15, 0.2) is 6.61 Å². The second kappa shape index (κ2) is 7.79. The monoisotopic (exact) mass is 336 g/mol. The van der Waals surface area contributed by atoms with Gasteiger partial charge >= 0.3 is 0 Å². The van der Waals surface area contributed by atoms with Crippen molar-refractivity contribution < 1.29 is 9.53 Å². The van der Waals surface area contributed by atoms with Crippen LogP contribution in [0.5, 0.6) is 5.75 Å². The molecule has 3 N–H and O–H groups in total. The molecule has 0 aromatic heterocycles. The van der Waals surface area contributed by atoms with E-state index in [1.54, 1.807) is 19.2 Å². The van der Waals surface area contributed by atoms with Crippen LogP contribution in [-0.2, 0) is 11.2 Å². The van der Waals surface area contributed by atoms with Gasteiger partial charge < -0.3 is 20.1 Å². The van der Waals surface area contributed by atoms with Gasteiger partial charge in [0.05, 0.1) is 11.4 Å². The first-order valence-corrected chi connectivity index (χ1v) is 8.96. The molecule has 1 fully saturated rings. The molecule has 3 rings (SSSR count). The Bertz CT molecular complexity index is 561. The largest absolute Gasteiger partial charge is 0.483 e. The van der Waals surface area contributed by atoms with Crippen molar-refractivity contribution in [1.29, 1.82) is 0 Å². The van der Waals surface area contributed by atoms with Crippen molar-refractivity contribution in [2.24, 2.45) is 0 Å². The molecule has 1 saturated heterocycles. The number of anilines is 2. The molecular formula is C16H24N4O2S. The quantitative estimate of drug-likeness (QED) is 0.693. The van der Waals surface area contributed by atoms with E-state index in [4.69, 9.17) is 4.74 Å². The third kappa shape index (κ3) is 4.03. The zero-order valence-electron chi connectivity index (χ0n) is 13.5. The lowest BCUT2D eigenvalue weighted by Gasteiger charge is -2.25. The molecule has 0 saturated carbocycles. The topological polar surface area (TPSA) is 65.6 Å². The maximum absolute atomic E-state index is 11.4. The van der Waals surface area contributed by atoms with E-state index in [-0.39, 0.29) is 12.5 Å². The minimum absolute atomic E-state index is 0.0538. The highest BCUT2D eigenvalue weighted by molar-refractivity contribution is 7.98. The van der Waals surface area contributed by atoms with Gasteiger partial charge in [-0.25, -0.2) is 4.31 Å². The first-order chi connectivity index (χ1) is 11.3. The molecule has 0 spiro atoms. The molecule has 2 heterocycles. The number of hydrogen-bond acceptors (Lipinski definition) is 6. The van der Waals surface area contributed by atoms with E-state index in [1.165, 1.54) is 12.8 Å². The Kier molecular flexibility index (Phi) is 5.51. The van der Waals surface area contributed by atoms with Gasteiger partial charge in [-0.3, -0.25) is 4.79 Å². The summed E-state index contributed by atoms with van der Waals surface area (Å²) in [6.07, 6.45) is 4.59. The van der Waals surface area contributed by atoms with Crippen LogP contribution in [0.3, 0.4) is 0 Å². The number of rotatable bonds is 6. The number of amides is 1. The number of hydrogen-bond donors (Lipinski definition) is 3. The Hall–Kier alpha value is -1.60. The highest BCUT2D eigenvalue weighted by Crippen LogP contribution is 2.38. The van der Waals surface area contributed by atoms with E-state index in [0.717, 1.165) is 55.2 Å². The highest BCUT2D eigenvalue weighted by Gasteiger charge is 2.19. The van der Waals surface area contributed by atoms with Crippen molar-refractivity contribution in [3.05, 3.63) is 17.7 Å². The summed E-state index contributed by atoms with van der Waals surface area (Å²) in [7, 11) is 1.62. The zero-order chi connectivity index (χ0) is 16.1. The Morgan fingerprint density at radius 1 is 1.35 bits per heavy atom. The fourth-order valence-electron chi connectivity index (χ4n) is 2.89. The molecule has 0 bridgehead atoms. The first kappa shape index (κ1) is 16.3. The van der Waals surface area contributed by atoms with E-state index in [9.17, 15) is 4.79 Å². The zero-order valence-corrected chi connectivity index (χ0v) is 14.3. The predicted molar refractivity (Wildman–Crippen MR) is 94.8 cm³/mol. The summed E-state index contributed by atoms with van der Waals surface area (Å²) in [6, 6.07) is 3.99. The summed E-state index contributed by atoms with van der Waals surface area (Å²) in [5.41, 5.74) is 3.36. The summed E-state index contributed by atoms with van der Waals surface area (Å²) in [5, 5.41) is 6.05. The van der Waals surface area contributed by atoms with E-state index in [1.807, 2.05) is 12.1 Å². The van der Waals surface area contributed by atoms with Crippen molar-refractivity contribution in [1.82, 2.24) is 9.62 Å². The number of nitrogens with one attached hydrogen (secondary N) is 3. The normalized spacial score (nSPS) is 17.3. The summed E-state index contributed by atoms with van der Waals surface area (Å²) >= 11 is 1.68. The fourth-order valence-corrected chi connectivity index (χ4v) is 3.72. The summed E-state index contributed by atoms with van der Waals surface area (Å²) in [5.74, 6) is 0.682. The Labute approximate surface area is 141 Å². The van der Waals surface area contributed by atoms with Gasteiger partial charge in [-0.05, 0) is 37.8 Å². The molecule has 126 valence electrons. The molecule has 1 amide bonds. The van der Waals surface area contributed by atoms with Gasteiger partial charge in [-0.2, -0.15) is 0 Å². The van der Waals surface area contributed by atoms with Crippen LogP contribution in [0.2, 0.25) is 0 Å². The molecule has 0 unspecified atom stereocenters. The van der Waals surface area contributed by atoms with Crippen molar-refractivity contribution in [3.63, 3.8) is 0 Å². The lowest BCUT2D eigenvalue weighted by molar-refractivity contribution is -0.122. The molecule has 1 aromatic carbocycles. The Morgan fingerprint density at radius 3 is 2.96 bits per heavy atom. The van der Waals surface area contributed by atoms with E-state index < -0.39 is 0 Å². The number of benzene rings is 1. The minimum Gasteiger partial charge on any atom is -0.483 e. The standard InChI is InChI=1S/C16H24N4O2S/c1-17-15(21)11-22-14-7-6-13(16-12(14)5-4-8-18-16)19-23-20-9-2-3-10-20/h6-7,18-19H,2-5,8-11H2,1H3,(H,17,21). The molecular weight excluding hydrogens is 312 g/mol. The number of carbonyl (C=O) groups is 1. The van der Waals surface area contributed by atoms with Gasteiger partial charge in [-0.1, -0.05) is 0 Å². The molecule has 2 aliphatic rings. The number of carbonyl (C=O) groups excluding carboxylic acids is 1. The van der Waals surface area contributed by atoms with Crippen molar-refractivity contribution in [3.8, 4) is 5.75 Å². The van der Waals surface area contributed by atoms with Crippen molar-refractivity contribution in [2.75, 3.05) is 43.3 Å². The predicted octanol–water partition coefficient (Wildman–Crippen LogP) is 2.24. The van der Waals surface area contributed by atoms with Crippen LogP contribution in [0.1, 0.15) is 24.8 Å². The Balaban J connectivity index is 1.71. The van der Waals surface area contributed by atoms with Crippen molar-refractivity contribution in [2.45, 2.75) is 25.7 Å². The van der Waals surface area contributed by atoms with Gasteiger partial charge in [0.2, 0.25) is 0 Å². The van der Waals surface area contributed by atoms with E-state index in [0.29, 0.717) is 0 Å². The third-order valence-electron chi connectivity index (χ3n) is 4.16. The maximum Gasteiger partial charge on any atom is 0.257 e. The second-order valence-electron chi connectivity index (χ2n) is 5.79. The number of likely N-dealkylation sites (N-methyl/N-ethyl adjacent to an activating group) is 1. The van der Waals surface area contributed by atoms with Crippen LogP contribution in [0.25, 0.3) is 0 Å². The number of fused-ring (bicyclic) bond motifs is 1. The summed E-state index contributed by atoms with van der Waals surface area (Å²) in [6.45, 7) is 3.30. The lowest BCUT2D eigenvalue weighted by Crippen LogP contribution is -2.25. The van der Waals surface area contributed by atoms with E-state index >= 15 is 0 Å². The molecule has 0 aliphatic carbocycles. The van der Waals surface area contributed by atoms with E-state index in [2.05, 4.69) is 19.7 Å². The molecule has 2 aliphatic heterocycles. The van der Waals surface area contributed by atoms with Crippen LogP contribution < -0.4 is 20.1 Å². The fraction of sp³-hybridized carbons (Fsp3) is 0.562. The van der Waals surface area contributed by atoms with Crippen LogP contribution in [0, 0.1) is 0 Å². The van der Waals surface area contributed by atoms with Crippen LogP contribution in [0.15, 0.2) is 12.1 Å². The molecule has 1 aromatic rings. The molecule has 0 radical (unpaired) electrons. The van der Waals surface area contributed by atoms with Gasteiger partial charge in [0, 0.05) is 44.4 Å². The maximum atomic E-state index is 11.4. The van der Waals surface area contributed by atoms with Crippen LogP contribution >= 0.6 is 12.1 Å². The van der Waals surface area contributed by atoms with Crippen molar-refractivity contribution >= 4 is 29.4 Å². The SMILES string of the molecule is CNC(=O)COc1ccc(NSN2CCCC2)c2c1CCCN2. The van der Waals surface area contributed by atoms with Gasteiger partial charge in [-0.15, -0.1) is 0 Å². The summed E-state index contributed by atoms with van der Waals surface area (Å²) in [4.78, 5) is 11.4. The van der Waals surface area contributed by atoms with Gasteiger partial charge in [0.25, 0.3) is 5.91 Å². The molecule has 0 atom stereocenters. The average molecular weight is 336 g/mol. The van der Waals surface area contributed by atoms with Gasteiger partial charge in [0.1, 0.15) is 5.75 Å². The Morgan fingerprint density at radius 2 is 2.17 bits per heavy atom. The smallest absolute Gasteiger partial charge is 0.257 e. The lowest BCUT2D eigenvalue weighted by atomic mass is 10.0. The first-order valence-electron chi connectivity index (χ1n) is 8.19. The van der Waals surface area contributed by atoms with Crippen LogP contribution in [-0.4, -0.2) is 43.5 Å².